The van der Waals surface area contributed by atoms with Crippen LogP contribution in [0.5, 0.6) is 5.75 Å². The van der Waals surface area contributed by atoms with Gasteiger partial charge in [0.15, 0.2) is 0 Å². The van der Waals surface area contributed by atoms with Crippen LogP contribution in [0.2, 0.25) is 0 Å². The van der Waals surface area contributed by atoms with Crippen molar-refractivity contribution in [1.29, 1.82) is 0 Å². The van der Waals surface area contributed by atoms with Gasteiger partial charge < -0.3 is 23.7 Å². The molecule has 0 unspecified atom stereocenters. The first kappa shape index (κ1) is 41.3. The van der Waals surface area contributed by atoms with Crippen LogP contribution < -0.4 is 4.74 Å². The van der Waals surface area contributed by atoms with Crippen molar-refractivity contribution in [1.82, 2.24) is 0 Å². The minimum Gasteiger partial charge on any atom is -0.497 e. The average Bonchev–Trinajstić information content (AvgIpc) is 3.20. The van der Waals surface area contributed by atoms with Gasteiger partial charge in [-0.25, -0.2) is 0 Å². The van der Waals surface area contributed by atoms with E-state index < -0.39 is 0 Å². The average molecular weight is 709 g/mol. The molecule has 0 aromatic heterocycles. The first-order valence-electron chi connectivity index (χ1n) is 19.9. The summed E-state index contributed by atoms with van der Waals surface area (Å²) in [5, 5.41) is 0. The molecule has 0 saturated carbocycles. The van der Waals surface area contributed by atoms with Crippen molar-refractivity contribution < 1.29 is 23.7 Å². The predicted molar refractivity (Wildman–Crippen MR) is 213 cm³/mol. The lowest BCUT2D eigenvalue weighted by Crippen LogP contribution is -2.45. The highest BCUT2D eigenvalue weighted by Crippen LogP contribution is 2.24. The van der Waals surface area contributed by atoms with Gasteiger partial charge in [0.1, 0.15) is 18.0 Å². The van der Waals surface area contributed by atoms with Crippen LogP contribution >= 0.6 is 0 Å². The first-order valence-corrected chi connectivity index (χ1v) is 19.9. The summed E-state index contributed by atoms with van der Waals surface area (Å²) in [6.07, 6.45) is 15.8. The molecule has 0 aliphatic heterocycles. The zero-order valence-corrected chi connectivity index (χ0v) is 32.0. The van der Waals surface area contributed by atoms with E-state index in [1.165, 1.54) is 70.6 Å². The normalized spacial score (nSPS) is 13.1. The topological polar surface area (TPSA) is 46.2 Å². The van der Waals surface area contributed by atoms with Crippen LogP contribution in [-0.2, 0) is 45.4 Å². The van der Waals surface area contributed by atoms with Crippen LogP contribution in [0, 0.1) is 0 Å². The van der Waals surface area contributed by atoms with Crippen LogP contribution in [0.15, 0.2) is 115 Å². The summed E-state index contributed by atoms with van der Waals surface area (Å²) in [5.41, 5.74) is 4.48. The molecule has 0 spiro atoms. The summed E-state index contributed by atoms with van der Waals surface area (Å²) >= 11 is 0. The Morgan fingerprint density at radius 1 is 0.423 bits per heavy atom. The molecule has 282 valence electrons. The van der Waals surface area contributed by atoms with Crippen LogP contribution in [0.4, 0.5) is 0 Å². The highest BCUT2D eigenvalue weighted by atomic mass is 16.6. The molecule has 0 aliphatic rings. The van der Waals surface area contributed by atoms with Crippen molar-refractivity contribution in [3.05, 3.63) is 138 Å². The van der Waals surface area contributed by atoms with Gasteiger partial charge in [-0.3, -0.25) is 0 Å². The van der Waals surface area contributed by atoms with Crippen LogP contribution in [0.25, 0.3) is 0 Å². The van der Waals surface area contributed by atoms with Gasteiger partial charge in [0, 0.05) is 0 Å². The Labute approximate surface area is 315 Å². The summed E-state index contributed by atoms with van der Waals surface area (Å²) in [7, 11) is 1.69. The molecule has 0 amide bonds. The molecule has 0 aliphatic carbocycles. The number of methoxy groups -OCH3 is 1. The van der Waals surface area contributed by atoms with Gasteiger partial charge in [0.25, 0.3) is 0 Å². The van der Waals surface area contributed by atoms with E-state index in [0.29, 0.717) is 33.0 Å². The highest BCUT2D eigenvalue weighted by molar-refractivity contribution is 5.26. The molecular weight excluding hydrogens is 645 g/mol. The number of rotatable bonds is 29. The minimum absolute atomic E-state index is 0.173. The van der Waals surface area contributed by atoms with Crippen molar-refractivity contribution in [2.75, 3.05) is 13.7 Å². The molecule has 0 saturated heterocycles. The summed E-state index contributed by atoms with van der Waals surface area (Å²) in [6, 6.07) is 39.2. The highest BCUT2D eigenvalue weighted by Gasteiger charge is 2.33. The second-order valence-electron chi connectivity index (χ2n) is 14.0. The number of ether oxygens (including phenoxy) is 5. The molecule has 3 atom stereocenters. The van der Waals surface area contributed by atoms with E-state index in [-0.39, 0.29) is 18.3 Å². The smallest absolute Gasteiger partial charge is 0.118 e. The van der Waals surface area contributed by atoms with Gasteiger partial charge in [-0.15, -0.1) is 0 Å². The van der Waals surface area contributed by atoms with Gasteiger partial charge >= 0.3 is 0 Å². The summed E-state index contributed by atoms with van der Waals surface area (Å²) in [4.78, 5) is 0. The van der Waals surface area contributed by atoms with Crippen LogP contribution in [0.3, 0.4) is 0 Å². The molecular formula is C47H64O5. The minimum atomic E-state index is -0.354. The molecule has 0 radical (unpaired) electrons. The molecule has 52 heavy (non-hydrogen) atoms. The fraction of sp³-hybridized carbons (Fsp3) is 0.489. The van der Waals surface area contributed by atoms with E-state index in [9.17, 15) is 0 Å². The Hall–Kier alpha value is -3.48. The van der Waals surface area contributed by atoms with E-state index in [1.54, 1.807) is 7.11 Å². The Bertz CT molecular complexity index is 1400. The second-order valence-corrected chi connectivity index (χ2v) is 14.0. The first-order chi connectivity index (χ1) is 25.7. The number of unbranched alkanes of at least 4 members (excludes halogenated alkanes) is 11. The fourth-order valence-corrected chi connectivity index (χ4v) is 6.56. The van der Waals surface area contributed by atoms with Crippen LogP contribution in [-0.4, -0.2) is 32.0 Å². The van der Waals surface area contributed by atoms with E-state index in [4.69, 9.17) is 23.7 Å². The van der Waals surface area contributed by atoms with Crippen molar-refractivity contribution in [2.45, 2.75) is 135 Å². The lowest BCUT2D eigenvalue weighted by molar-refractivity contribution is -0.169. The predicted octanol–water partition coefficient (Wildman–Crippen LogP) is 12.1. The SMILES string of the molecule is CCCCCCCCCCCCCC[C@@H](OCc1ccccc1)[C@@H](OCc1ccccc1)[C@@H](COCc1ccccc1)OCc1ccc(OC)cc1. The van der Waals surface area contributed by atoms with Crippen LogP contribution in [0.1, 0.15) is 113 Å². The summed E-state index contributed by atoms with van der Waals surface area (Å²) in [5.74, 6) is 0.826. The van der Waals surface area contributed by atoms with Crippen molar-refractivity contribution in [3.63, 3.8) is 0 Å². The number of hydrogen-bond acceptors (Lipinski definition) is 5. The molecule has 4 rings (SSSR count). The molecule has 0 N–H and O–H groups in total. The Balaban J connectivity index is 1.46. The third-order valence-electron chi connectivity index (χ3n) is 9.68. The largest absolute Gasteiger partial charge is 0.497 e. The lowest BCUT2D eigenvalue weighted by Gasteiger charge is -2.34. The maximum Gasteiger partial charge on any atom is 0.118 e. The number of hydrogen-bond donors (Lipinski definition) is 0. The molecule has 0 heterocycles. The quantitative estimate of drug-likeness (QED) is 0.0526. The Morgan fingerprint density at radius 2 is 0.846 bits per heavy atom. The third-order valence-corrected chi connectivity index (χ3v) is 9.68. The monoisotopic (exact) mass is 708 g/mol. The van der Waals surface area contributed by atoms with Crippen molar-refractivity contribution in [2.24, 2.45) is 0 Å². The standard InChI is InChI=1S/C47H64O5/c1-3-4-5-6-7-8-9-10-11-12-13-23-30-45(50-36-41-26-19-15-20-27-41)47(52-38-42-28-21-16-22-29-42)46(39-49-35-40-24-17-14-18-25-40)51-37-43-31-33-44(48-2)34-32-43/h14-22,24-29,31-34,45-47H,3-13,23,30,35-39H2,1-2H3/t45-,46-,47-/m1/s1. The molecule has 0 fully saturated rings. The fourth-order valence-electron chi connectivity index (χ4n) is 6.56. The maximum atomic E-state index is 6.88. The van der Waals surface area contributed by atoms with E-state index in [1.807, 2.05) is 42.5 Å². The van der Waals surface area contributed by atoms with Gasteiger partial charge in [0.2, 0.25) is 0 Å². The third kappa shape index (κ3) is 16.9. The zero-order valence-electron chi connectivity index (χ0n) is 32.0. The van der Waals surface area contributed by atoms with Gasteiger partial charge in [0.05, 0.1) is 46.2 Å². The van der Waals surface area contributed by atoms with Crippen molar-refractivity contribution in [3.8, 4) is 5.75 Å². The summed E-state index contributed by atoms with van der Waals surface area (Å²) < 4.78 is 32.3. The molecule has 0 bridgehead atoms. The Kier molecular flexibility index (Phi) is 20.9. The van der Waals surface area contributed by atoms with Gasteiger partial charge in [-0.05, 0) is 40.8 Å². The number of benzene rings is 4. The van der Waals surface area contributed by atoms with E-state index in [2.05, 4.69) is 79.7 Å². The molecule has 4 aromatic rings. The zero-order chi connectivity index (χ0) is 36.3. The second kappa shape index (κ2) is 26.3. The molecule has 4 aromatic carbocycles. The Morgan fingerprint density at radius 3 is 1.35 bits per heavy atom. The van der Waals surface area contributed by atoms with E-state index >= 15 is 0 Å². The van der Waals surface area contributed by atoms with E-state index in [0.717, 1.165) is 40.8 Å². The van der Waals surface area contributed by atoms with Gasteiger partial charge in [-0.2, -0.15) is 0 Å². The summed E-state index contributed by atoms with van der Waals surface area (Å²) in [6.45, 7) is 4.59. The lowest BCUT2D eigenvalue weighted by atomic mass is 9.99. The maximum absolute atomic E-state index is 6.88. The van der Waals surface area contributed by atoms with Crippen molar-refractivity contribution >= 4 is 0 Å². The molecule has 5 heteroatoms. The molecule has 5 nitrogen and oxygen atoms in total. The van der Waals surface area contributed by atoms with Gasteiger partial charge in [-0.1, -0.05) is 187 Å².